The maximum atomic E-state index is 12.0. The molecular formula is C15H16N4O2S. The number of H-pyrrole nitrogens is 1. The predicted octanol–water partition coefficient (Wildman–Crippen LogP) is 2.85. The van der Waals surface area contributed by atoms with Crippen LogP contribution in [0.25, 0.3) is 11.3 Å². The lowest BCUT2D eigenvalue weighted by Crippen LogP contribution is -2.05. The molecule has 3 rings (SSSR count). The zero-order chi connectivity index (χ0) is 15.7. The van der Waals surface area contributed by atoms with Gasteiger partial charge in [0.1, 0.15) is 12.3 Å². The minimum absolute atomic E-state index is 0.266. The van der Waals surface area contributed by atoms with E-state index >= 15 is 0 Å². The van der Waals surface area contributed by atoms with E-state index in [-0.39, 0.29) is 6.61 Å². The first-order valence-electron chi connectivity index (χ1n) is 6.80. The zero-order valence-electron chi connectivity index (χ0n) is 12.6. The Hall–Kier alpha value is -2.41. The average Bonchev–Trinajstić information content (AvgIpc) is 3.19. The lowest BCUT2D eigenvalue weighted by atomic mass is 10.1. The Morgan fingerprint density at radius 3 is 2.91 bits per heavy atom. The van der Waals surface area contributed by atoms with Crippen molar-refractivity contribution in [1.82, 2.24) is 20.0 Å². The first-order chi connectivity index (χ1) is 10.6. The van der Waals surface area contributed by atoms with Crippen molar-refractivity contribution in [1.29, 1.82) is 0 Å². The van der Waals surface area contributed by atoms with Crippen LogP contribution in [0.4, 0.5) is 0 Å². The van der Waals surface area contributed by atoms with Gasteiger partial charge < -0.3 is 4.74 Å². The second-order valence-corrected chi connectivity index (χ2v) is 5.82. The maximum Gasteiger partial charge on any atom is 0.356 e. The SMILES string of the molecule is Cc1nn(C)c(C)c1-c1cc(C(=O)OCc2ccsc2)[nH]n1. The molecule has 6 nitrogen and oxygen atoms in total. The molecule has 0 aromatic carbocycles. The molecule has 0 unspecified atom stereocenters. The smallest absolute Gasteiger partial charge is 0.356 e. The average molecular weight is 316 g/mol. The van der Waals surface area contributed by atoms with Crippen molar-refractivity contribution >= 4 is 17.3 Å². The van der Waals surface area contributed by atoms with E-state index in [4.69, 9.17) is 4.74 Å². The molecule has 0 saturated carbocycles. The van der Waals surface area contributed by atoms with Gasteiger partial charge in [-0.2, -0.15) is 21.5 Å². The van der Waals surface area contributed by atoms with Crippen LogP contribution in [-0.4, -0.2) is 25.9 Å². The van der Waals surface area contributed by atoms with Crippen LogP contribution in [0.15, 0.2) is 22.9 Å². The van der Waals surface area contributed by atoms with E-state index in [0.29, 0.717) is 11.4 Å². The van der Waals surface area contributed by atoms with Crippen molar-refractivity contribution in [3.05, 3.63) is 45.5 Å². The van der Waals surface area contributed by atoms with Crippen molar-refractivity contribution in [3.8, 4) is 11.3 Å². The topological polar surface area (TPSA) is 72.8 Å². The summed E-state index contributed by atoms with van der Waals surface area (Å²) in [5.41, 5.74) is 4.85. The molecule has 0 radical (unpaired) electrons. The molecular weight excluding hydrogens is 300 g/mol. The predicted molar refractivity (Wildman–Crippen MR) is 83.7 cm³/mol. The van der Waals surface area contributed by atoms with Crippen molar-refractivity contribution in [2.45, 2.75) is 20.5 Å². The molecule has 0 atom stereocenters. The normalized spacial score (nSPS) is 10.9. The standard InChI is InChI=1S/C15H16N4O2S/c1-9-14(10(2)19(3)18-9)12-6-13(17-16-12)15(20)21-7-11-4-5-22-8-11/h4-6,8H,7H2,1-3H3,(H,16,17). The molecule has 3 heterocycles. The Morgan fingerprint density at radius 1 is 1.45 bits per heavy atom. The van der Waals surface area contributed by atoms with E-state index in [1.165, 1.54) is 0 Å². The molecule has 3 aromatic rings. The number of hydrogen-bond donors (Lipinski definition) is 1. The molecule has 0 saturated heterocycles. The van der Waals surface area contributed by atoms with Crippen LogP contribution in [0.3, 0.4) is 0 Å². The second-order valence-electron chi connectivity index (χ2n) is 5.04. The van der Waals surface area contributed by atoms with E-state index in [1.807, 2.05) is 37.7 Å². The van der Waals surface area contributed by atoms with E-state index in [9.17, 15) is 4.79 Å². The van der Waals surface area contributed by atoms with Gasteiger partial charge in [0.15, 0.2) is 0 Å². The number of esters is 1. The third-order valence-corrected chi connectivity index (χ3v) is 4.25. The molecule has 0 aliphatic heterocycles. The van der Waals surface area contributed by atoms with Gasteiger partial charge in [-0.05, 0) is 36.7 Å². The molecule has 0 aliphatic rings. The molecule has 0 fully saturated rings. The summed E-state index contributed by atoms with van der Waals surface area (Å²) in [5.74, 6) is -0.413. The van der Waals surface area contributed by atoms with E-state index in [1.54, 1.807) is 22.1 Å². The molecule has 22 heavy (non-hydrogen) atoms. The number of hydrogen-bond acceptors (Lipinski definition) is 5. The molecule has 0 amide bonds. The Morgan fingerprint density at radius 2 is 2.27 bits per heavy atom. The highest BCUT2D eigenvalue weighted by atomic mass is 32.1. The van der Waals surface area contributed by atoms with Crippen molar-refractivity contribution in [2.75, 3.05) is 0 Å². The molecule has 114 valence electrons. The fourth-order valence-electron chi connectivity index (χ4n) is 2.30. The van der Waals surface area contributed by atoms with E-state index < -0.39 is 5.97 Å². The molecule has 1 N–H and O–H groups in total. The molecule has 3 aromatic heterocycles. The number of thiophene rings is 1. The minimum atomic E-state index is -0.413. The summed E-state index contributed by atoms with van der Waals surface area (Å²) in [6.07, 6.45) is 0. The van der Waals surface area contributed by atoms with Gasteiger partial charge in [0.2, 0.25) is 0 Å². The first kappa shape index (κ1) is 14.5. The van der Waals surface area contributed by atoms with Crippen LogP contribution in [0.5, 0.6) is 0 Å². The van der Waals surface area contributed by atoms with Crippen LogP contribution >= 0.6 is 11.3 Å². The van der Waals surface area contributed by atoms with Gasteiger partial charge >= 0.3 is 5.97 Å². The van der Waals surface area contributed by atoms with Crippen molar-refractivity contribution < 1.29 is 9.53 Å². The number of aromatic amines is 1. The van der Waals surface area contributed by atoms with Crippen molar-refractivity contribution in [3.63, 3.8) is 0 Å². The fraction of sp³-hybridized carbons (Fsp3) is 0.267. The Balaban J connectivity index is 1.77. The monoisotopic (exact) mass is 316 g/mol. The maximum absolute atomic E-state index is 12.0. The number of carbonyl (C=O) groups is 1. The highest BCUT2D eigenvalue weighted by Crippen LogP contribution is 2.25. The van der Waals surface area contributed by atoms with Crippen LogP contribution in [0.2, 0.25) is 0 Å². The first-order valence-corrected chi connectivity index (χ1v) is 7.74. The third kappa shape index (κ3) is 2.67. The van der Waals surface area contributed by atoms with Gasteiger partial charge in [-0.1, -0.05) is 0 Å². The summed E-state index contributed by atoms with van der Waals surface area (Å²) in [6.45, 7) is 4.16. The number of rotatable bonds is 4. The largest absolute Gasteiger partial charge is 0.456 e. The summed E-state index contributed by atoms with van der Waals surface area (Å²) < 4.78 is 7.06. The van der Waals surface area contributed by atoms with Crippen molar-refractivity contribution in [2.24, 2.45) is 7.05 Å². The van der Waals surface area contributed by atoms with Gasteiger partial charge in [-0.15, -0.1) is 0 Å². The van der Waals surface area contributed by atoms with Crippen LogP contribution in [-0.2, 0) is 18.4 Å². The molecule has 0 aliphatic carbocycles. The van der Waals surface area contributed by atoms with Crippen LogP contribution in [0.1, 0.15) is 27.4 Å². The van der Waals surface area contributed by atoms with Crippen LogP contribution in [0, 0.1) is 13.8 Å². The highest BCUT2D eigenvalue weighted by Gasteiger charge is 2.17. The van der Waals surface area contributed by atoms with Gasteiger partial charge in [0.25, 0.3) is 0 Å². The summed E-state index contributed by atoms with van der Waals surface area (Å²) in [4.78, 5) is 12.0. The quantitative estimate of drug-likeness (QED) is 0.751. The fourth-order valence-corrected chi connectivity index (χ4v) is 2.95. The molecule has 0 spiro atoms. The lowest BCUT2D eigenvalue weighted by molar-refractivity contribution is 0.0466. The van der Waals surface area contributed by atoms with E-state index in [2.05, 4.69) is 15.3 Å². The molecule has 7 heteroatoms. The minimum Gasteiger partial charge on any atom is -0.456 e. The highest BCUT2D eigenvalue weighted by molar-refractivity contribution is 7.07. The second kappa shape index (κ2) is 5.76. The number of aryl methyl sites for hydroxylation is 2. The number of aromatic nitrogens is 4. The summed E-state index contributed by atoms with van der Waals surface area (Å²) in [5, 5.41) is 15.2. The Kier molecular flexibility index (Phi) is 3.81. The Bertz CT molecular complexity index is 802. The number of carbonyl (C=O) groups excluding carboxylic acids is 1. The zero-order valence-corrected chi connectivity index (χ0v) is 13.4. The van der Waals surface area contributed by atoms with Gasteiger partial charge in [-0.25, -0.2) is 4.79 Å². The van der Waals surface area contributed by atoms with E-state index in [0.717, 1.165) is 22.5 Å². The van der Waals surface area contributed by atoms with Gasteiger partial charge in [0, 0.05) is 23.9 Å². The Labute approximate surface area is 131 Å². The number of nitrogens with one attached hydrogen (secondary N) is 1. The molecule has 0 bridgehead atoms. The summed E-state index contributed by atoms with van der Waals surface area (Å²) >= 11 is 1.57. The van der Waals surface area contributed by atoms with Gasteiger partial charge in [-0.3, -0.25) is 9.78 Å². The lowest BCUT2D eigenvalue weighted by Gasteiger charge is -2.00. The number of nitrogens with zero attached hydrogens (tertiary/aromatic N) is 3. The third-order valence-electron chi connectivity index (χ3n) is 3.51. The van der Waals surface area contributed by atoms with Crippen LogP contribution < -0.4 is 0 Å². The van der Waals surface area contributed by atoms with Gasteiger partial charge in [0.05, 0.1) is 11.4 Å². The number of ether oxygens (including phenoxy) is 1. The summed E-state index contributed by atoms with van der Waals surface area (Å²) in [6, 6.07) is 3.63. The summed E-state index contributed by atoms with van der Waals surface area (Å²) in [7, 11) is 1.88.